The maximum Gasteiger partial charge on any atom is 0.277 e. The Bertz CT molecular complexity index is 1190. The lowest BCUT2D eigenvalue weighted by Gasteiger charge is -2.10. The molecule has 27 heavy (non-hydrogen) atoms. The van der Waals surface area contributed by atoms with Crippen molar-refractivity contribution in [2.45, 2.75) is 13.8 Å². The number of aromatic nitrogens is 3. The minimum absolute atomic E-state index is 0.205. The number of nitrogens with zero attached hydrogens (tertiary/aromatic N) is 3. The summed E-state index contributed by atoms with van der Waals surface area (Å²) in [5.41, 5.74) is 3.55. The molecule has 2 aromatic heterocycles. The van der Waals surface area contributed by atoms with Crippen LogP contribution in [0.2, 0.25) is 10.0 Å². The highest BCUT2D eigenvalue weighted by molar-refractivity contribution is 7.22. The van der Waals surface area contributed by atoms with E-state index < -0.39 is 0 Å². The molecule has 4 aromatic rings. The van der Waals surface area contributed by atoms with E-state index in [-0.39, 0.29) is 5.56 Å². The van der Waals surface area contributed by atoms with E-state index in [0.29, 0.717) is 31.2 Å². The molecular formula is C19H14Cl2N4OS. The Morgan fingerprint density at radius 3 is 2.70 bits per heavy atom. The Labute approximate surface area is 169 Å². The molecule has 4 rings (SSSR count). The predicted molar refractivity (Wildman–Crippen MR) is 112 cm³/mol. The number of thiazole rings is 1. The Balaban J connectivity index is 1.80. The van der Waals surface area contributed by atoms with Gasteiger partial charge < -0.3 is 5.32 Å². The number of para-hydroxylation sites is 1. The van der Waals surface area contributed by atoms with Crippen LogP contribution in [0.4, 0.5) is 10.8 Å². The van der Waals surface area contributed by atoms with Gasteiger partial charge in [-0.3, -0.25) is 9.36 Å². The first-order valence-corrected chi connectivity index (χ1v) is 9.67. The molecule has 2 heterocycles. The second-order valence-corrected chi connectivity index (χ2v) is 7.98. The highest BCUT2D eigenvalue weighted by Crippen LogP contribution is 2.28. The van der Waals surface area contributed by atoms with Gasteiger partial charge in [0.05, 0.1) is 10.7 Å². The minimum atomic E-state index is -0.205. The van der Waals surface area contributed by atoms with E-state index in [1.807, 2.05) is 38.1 Å². The summed E-state index contributed by atoms with van der Waals surface area (Å²) < 4.78 is 1.92. The fraction of sp³-hybridized carbons (Fsp3) is 0.105. The topological polar surface area (TPSA) is 59.8 Å². The van der Waals surface area contributed by atoms with Gasteiger partial charge in [0.15, 0.2) is 10.8 Å². The molecule has 1 N–H and O–H groups in total. The van der Waals surface area contributed by atoms with Crippen molar-refractivity contribution in [3.05, 3.63) is 74.3 Å². The molecule has 5 nitrogen and oxygen atoms in total. The third kappa shape index (κ3) is 3.43. The normalized spacial score (nSPS) is 11.1. The number of anilines is 2. The minimum Gasteiger partial charge on any atom is -0.331 e. The summed E-state index contributed by atoms with van der Waals surface area (Å²) in [5, 5.41) is 4.90. The quantitative estimate of drug-likeness (QED) is 0.478. The molecule has 0 bridgehead atoms. The fourth-order valence-electron chi connectivity index (χ4n) is 2.89. The molecule has 0 spiro atoms. The molecule has 0 fully saturated rings. The first kappa shape index (κ1) is 18.0. The summed E-state index contributed by atoms with van der Waals surface area (Å²) in [6.45, 7) is 3.86. The Morgan fingerprint density at radius 1 is 1.15 bits per heavy atom. The van der Waals surface area contributed by atoms with Crippen molar-refractivity contribution in [2.75, 3.05) is 5.32 Å². The smallest absolute Gasteiger partial charge is 0.277 e. The number of aryl methyl sites for hydroxylation is 2. The zero-order chi connectivity index (χ0) is 19.1. The maximum atomic E-state index is 13.0. The van der Waals surface area contributed by atoms with E-state index in [1.165, 1.54) is 22.2 Å². The Kier molecular flexibility index (Phi) is 4.63. The van der Waals surface area contributed by atoms with E-state index in [1.54, 1.807) is 12.1 Å². The lowest BCUT2D eigenvalue weighted by molar-refractivity contribution is 0.952. The lowest BCUT2D eigenvalue weighted by atomic mass is 10.2. The fourth-order valence-corrected chi connectivity index (χ4v) is 4.36. The van der Waals surface area contributed by atoms with Gasteiger partial charge in [-0.05, 0) is 49.2 Å². The van der Waals surface area contributed by atoms with Crippen LogP contribution in [0.5, 0.6) is 0 Å². The number of benzene rings is 2. The molecule has 8 heteroatoms. The van der Waals surface area contributed by atoms with Crippen LogP contribution in [0.3, 0.4) is 0 Å². The van der Waals surface area contributed by atoms with Crippen LogP contribution in [0, 0.1) is 13.8 Å². The summed E-state index contributed by atoms with van der Waals surface area (Å²) in [4.78, 5) is 21.7. The summed E-state index contributed by atoms with van der Waals surface area (Å²) in [6.07, 6.45) is 1.46. The standard InChI is InChI=1S/C19H14Cl2N4OS/c1-10-6-12(20)8-13(7-10)23-19-24-17-16(27-19)18(26)25(9-22-17)15-11(2)4-3-5-14(15)21/h3-9H,1-2H3,(H,23,24). The van der Waals surface area contributed by atoms with Crippen molar-refractivity contribution >= 4 is 55.7 Å². The highest BCUT2D eigenvalue weighted by Gasteiger charge is 2.15. The van der Waals surface area contributed by atoms with Gasteiger partial charge in [0.25, 0.3) is 5.56 Å². The molecule has 0 saturated heterocycles. The summed E-state index contributed by atoms with van der Waals surface area (Å²) in [7, 11) is 0. The lowest BCUT2D eigenvalue weighted by Crippen LogP contribution is -2.19. The number of fused-ring (bicyclic) bond motifs is 1. The van der Waals surface area contributed by atoms with Crippen LogP contribution in [0.15, 0.2) is 47.5 Å². The predicted octanol–water partition coefficient (Wildman–Crippen LogP) is 5.51. The van der Waals surface area contributed by atoms with Crippen molar-refractivity contribution in [3.8, 4) is 5.69 Å². The van der Waals surface area contributed by atoms with Crippen molar-refractivity contribution in [1.29, 1.82) is 0 Å². The van der Waals surface area contributed by atoms with E-state index in [4.69, 9.17) is 23.2 Å². The molecule has 2 aromatic carbocycles. The van der Waals surface area contributed by atoms with E-state index in [2.05, 4.69) is 15.3 Å². The van der Waals surface area contributed by atoms with Gasteiger partial charge in [-0.1, -0.05) is 46.7 Å². The van der Waals surface area contributed by atoms with Gasteiger partial charge in [-0.25, -0.2) is 4.98 Å². The second kappa shape index (κ2) is 6.96. The van der Waals surface area contributed by atoms with Crippen LogP contribution in [0.25, 0.3) is 16.0 Å². The van der Waals surface area contributed by atoms with Crippen molar-refractivity contribution in [1.82, 2.24) is 14.5 Å². The van der Waals surface area contributed by atoms with Crippen molar-refractivity contribution in [3.63, 3.8) is 0 Å². The van der Waals surface area contributed by atoms with Gasteiger partial charge in [-0.2, -0.15) is 4.98 Å². The third-order valence-corrected chi connectivity index (χ3v) is 5.51. The molecular weight excluding hydrogens is 403 g/mol. The van der Waals surface area contributed by atoms with Gasteiger partial charge in [0, 0.05) is 10.7 Å². The first-order chi connectivity index (χ1) is 12.9. The van der Waals surface area contributed by atoms with Crippen LogP contribution < -0.4 is 10.9 Å². The van der Waals surface area contributed by atoms with Crippen LogP contribution in [-0.2, 0) is 0 Å². The van der Waals surface area contributed by atoms with Crippen LogP contribution in [-0.4, -0.2) is 14.5 Å². The van der Waals surface area contributed by atoms with Crippen LogP contribution in [0.1, 0.15) is 11.1 Å². The molecule has 0 aliphatic carbocycles. The van der Waals surface area contributed by atoms with Crippen LogP contribution >= 0.6 is 34.5 Å². The molecule has 0 saturated carbocycles. The maximum absolute atomic E-state index is 13.0. The molecule has 136 valence electrons. The zero-order valence-corrected chi connectivity index (χ0v) is 16.8. The highest BCUT2D eigenvalue weighted by atomic mass is 35.5. The first-order valence-electron chi connectivity index (χ1n) is 8.10. The Hall–Kier alpha value is -2.41. The summed E-state index contributed by atoms with van der Waals surface area (Å²) in [6, 6.07) is 11.1. The van der Waals surface area contributed by atoms with Gasteiger partial charge in [0.2, 0.25) is 0 Å². The van der Waals surface area contributed by atoms with Gasteiger partial charge >= 0.3 is 0 Å². The monoisotopic (exact) mass is 416 g/mol. The summed E-state index contributed by atoms with van der Waals surface area (Å²) in [5.74, 6) is 0. The average molecular weight is 417 g/mol. The molecule has 0 aliphatic rings. The number of hydrogen-bond donors (Lipinski definition) is 1. The number of nitrogens with one attached hydrogen (secondary N) is 1. The SMILES string of the molecule is Cc1cc(Cl)cc(Nc2nc3ncn(-c4c(C)cccc4Cl)c(=O)c3s2)c1. The van der Waals surface area contributed by atoms with Gasteiger partial charge in [0.1, 0.15) is 11.0 Å². The molecule has 0 aliphatic heterocycles. The molecule has 0 radical (unpaired) electrons. The Morgan fingerprint density at radius 2 is 1.96 bits per heavy atom. The number of rotatable bonds is 3. The zero-order valence-electron chi connectivity index (χ0n) is 14.5. The number of hydrogen-bond acceptors (Lipinski definition) is 5. The largest absolute Gasteiger partial charge is 0.331 e. The average Bonchev–Trinajstić information content (AvgIpc) is 2.99. The summed E-state index contributed by atoms with van der Waals surface area (Å²) >= 11 is 13.7. The third-order valence-electron chi connectivity index (χ3n) is 4.04. The number of halogens is 2. The van der Waals surface area contributed by atoms with E-state index in [9.17, 15) is 4.79 Å². The second-order valence-electron chi connectivity index (χ2n) is 6.14. The van der Waals surface area contributed by atoms with Crippen molar-refractivity contribution < 1.29 is 0 Å². The van der Waals surface area contributed by atoms with Crippen molar-refractivity contribution in [2.24, 2.45) is 0 Å². The van der Waals surface area contributed by atoms with E-state index >= 15 is 0 Å². The van der Waals surface area contributed by atoms with E-state index in [0.717, 1.165) is 16.8 Å². The van der Waals surface area contributed by atoms with Gasteiger partial charge in [-0.15, -0.1) is 0 Å². The molecule has 0 amide bonds. The molecule has 0 atom stereocenters. The molecule has 0 unspecified atom stereocenters.